The van der Waals surface area contributed by atoms with E-state index in [0.29, 0.717) is 6.07 Å². The minimum atomic E-state index is -4.13. The molecule has 0 amide bonds. The van der Waals surface area contributed by atoms with Crippen molar-refractivity contribution >= 4 is 33.3 Å². The summed E-state index contributed by atoms with van der Waals surface area (Å²) in [5.74, 6) is -3.11. The van der Waals surface area contributed by atoms with Crippen molar-refractivity contribution in [1.82, 2.24) is 0 Å². The summed E-state index contributed by atoms with van der Waals surface area (Å²) >= 11 is 5.81. The van der Waals surface area contributed by atoms with Crippen molar-refractivity contribution in [3.8, 4) is 0 Å². The Morgan fingerprint density at radius 1 is 1.13 bits per heavy atom. The van der Waals surface area contributed by atoms with Crippen LogP contribution < -0.4 is 4.72 Å². The van der Waals surface area contributed by atoms with Gasteiger partial charge in [0.05, 0.1) is 28.3 Å². The van der Waals surface area contributed by atoms with Crippen LogP contribution in [0.2, 0.25) is 5.02 Å². The van der Waals surface area contributed by atoms with Crippen molar-refractivity contribution in [3.05, 3.63) is 58.6 Å². The molecule has 0 radical (unpaired) electrons. The first-order valence-electron chi connectivity index (χ1n) is 6.10. The number of rotatable bonds is 4. The number of methoxy groups -OCH3 is 1. The lowest BCUT2D eigenvalue weighted by atomic mass is 10.2. The van der Waals surface area contributed by atoms with E-state index < -0.39 is 27.6 Å². The SMILES string of the molecule is COC(=O)c1cc(S(=O)(=O)Nc2ccc(F)c(F)c2)ccc1Cl. The highest BCUT2D eigenvalue weighted by Gasteiger charge is 2.19. The molecule has 0 atom stereocenters. The Morgan fingerprint density at radius 2 is 1.83 bits per heavy atom. The zero-order valence-electron chi connectivity index (χ0n) is 11.6. The van der Waals surface area contributed by atoms with Crippen molar-refractivity contribution in [3.63, 3.8) is 0 Å². The molecular weight excluding hydrogens is 352 g/mol. The summed E-state index contributed by atoms with van der Waals surface area (Å²) in [6.45, 7) is 0. The smallest absolute Gasteiger partial charge is 0.339 e. The molecular formula is C14H10ClF2NO4S. The van der Waals surface area contributed by atoms with Crippen LogP contribution in [0.15, 0.2) is 41.3 Å². The topological polar surface area (TPSA) is 72.5 Å². The molecule has 0 aliphatic rings. The molecule has 122 valence electrons. The third-order valence-corrected chi connectivity index (χ3v) is 4.53. The van der Waals surface area contributed by atoms with E-state index in [1.807, 2.05) is 0 Å². The molecule has 0 aliphatic heterocycles. The van der Waals surface area contributed by atoms with Gasteiger partial charge in [0.25, 0.3) is 10.0 Å². The van der Waals surface area contributed by atoms with Gasteiger partial charge >= 0.3 is 5.97 Å². The molecule has 2 aromatic rings. The molecule has 1 N–H and O–H groups in total. The Hall–Kier alpha value is -2.19. The Bertz CT molecular complexity index is 871. The average Bonchev–Trinajstić information content (AvgIpc) is 2.50. The highest BCUT2D eigenvalue weighted by Crippen LogP contribution is 2.23. The van der Waals surface area contributed by atoms with Crippen LogP contribution in [0.5, 0.6) is 0 Å². The van der Waals surface area contributed by atoms with Crippen molar-refractivity contribution in [2.24, 2.45) is 0 Å². The van der Waals surface area contributed by atoms with Gasteiger partial charge < -0.3 is 4.74 Å². The van der Waals surface area contributed by atoms with Crippen molar-refractivity contribution in [2.45, 2.75) is 4.90 Å². The summed E-state index contributed by atoms with van der Waals surface area (Å²) in [6, 6.07) is 5.95. The molecule has 9 heteroatoms. The van der Waals surface area contributed by atoms with E-state index in [-0.39, 0.29) is 21.2 Å². The van der Waals surface area contributed by atoms with Gasteiger partial charge in [-0.3, -0.25) is 4.72 Å². The molecule has 0 saturated carbocycles. The number of esters is 1. The predicted octanol–water partition coefficient (Wildman–Crippen LogP) is 3.21. The Kier molecular flexibility index (Phi) is 4.86. The number of carbonyl (C=O) groups excluding carboxylic acids is 1. The number of anilines is 1. The molecule has 23 heavy (non-hydrogen) atoms. The highest BCUT2D eigenvalue weighted by atomic mass is 35.5. The molecule has 0 bridgehead atoms. The second-order valence-electron chi connectivity index (χ2n) is 4.37. The lowest BCUT2D eigenvalue weighted by Crippen LogP contribution is -2.14. The molecule has 0 fully saturated rings. The monoisotopic (exact) mass is 361 g/mol. The van der Waals surface area contributed by atoms with E-state index in [1.54, 1.807) is 0 Å². The van der Waals surface area contributed by atoms with Gasteiger partial charge in [0.2, 0.25) is 0 Å². The van der Waals surface area contributed by atoms with E-state index in [0.717, 1.165) is 31.4 Å². The molecule has 0 aliphatic carbocycles. The second-order valence-corrected chi connectivity index (χ2v) is 6.46. The van der Waals surface area contributed by atoms with Crippen LogP contribution in [0, 0.1) is 11.6 Å². The Labute approximate surface area is 135 Å². The van der Waals surface area contributed by atoms with Crippen LogP contribution in [0.3, 0.4) is 0 Å². The van der Waals surface area contributed by atoms with Crippen LogP contribution in [-0.4, -0.2) is 21.5 Å². The van der Waals surface area contributed by atoms with E-state index >= 15 is 0 Å². The fourth-order valence-electron chi connectivity index (χ4n) is 1.71. The predicted molar refractivity (Wildman–Crippen MR) is 80.0 cm³/mol. The summed E-state index contributed by atoms with van der Waals surface area (Å²) < 4.78 is 57.1. The second kappa shape index (κ2) is 6.51. The number of halogens is 3. The molecule has 0 aromatic heterocycles. The number of hydrogen-bond acceptors (Lipinski definition) is 4. The quantitative estimate of drug-likeness (QED) is 0.849. The van der Waals surface area contributed by atoms with Gasteiger partial charge in [-0.1, -0.05) is 11.6 Å². The minimum Gasteiger partial charge on any atom is -0.465 e. The Morgan fingerprint density at radius 3 is 2.43 bits per heavy atom. The van der Waals surface area contributed by atoms with Crippen molar-refractivity contribution < 1.29 is 26.7 Å². The first kappa shape index (κ1) is 17.2. The lowest BCUT2D eigenvalue weighted by molar-refractivity contribution is 0.0600. The van der Waals surface area contributed by atoms with Crippen LogP contribution >= 0.6 is 11.6 Å². The summed E-state index contributed by atoms with van der Waals surface area (Å²) in [7, 11) is -3.01. The summed E-state index contributed by atoms with van der Waals surface area (Å²) in [5, 5.41) is 0.0172. The normalized spacial score (nSPS) is 11.1. The molecule has 5 nitrogen and oxygen atoms in total. The maximum Gasteiger partial charge on any atom is 0.339 e. The number of carbonyl (C=O) groups is 1. The maximum absolute atomic E-state index is 13.1. The van der Waals surface area contributed by atoms with Gasteiger partial charge in [0.1, 0.15) is 0 Å². The van der Waals surface area contributed by atoms with Gasteiger partial charge in [0.15, 0.2) is 11.6 Å². The van der Waals surface area contributed by atoms with Gasteiger partial charge in [0, 0.05) is 6.07 Å². The Balaban J connectivity index is 2.39. The van der Waals surface area contributed by atoms with Gasteiger partial charge in [-0.2, -0.15) is 0 Å². The fourth-order valence-corrected chi connectivity index (χ4v) is 2.98. The van der Waals surface area contributed by atoms with Crippen LogP contribution in [0.25, 0.3) is 0 Å². The van der Waals surface area contributed by atoms with Crippen LogP contribution in [-0.2, 0) is 14.8 Å². The fraction of sp³-hybridized carbons (Fsp3) is 0.0714. The summed E-state index contributed by atoms with van der Waals surface area (Å²) in [4.78, 5) is 11.3. The maximum atomic E-state index is 13.1. The summed E-state index contributed by atoms with van der Waals surface area (Å²) in [6.07, 6.45) is 0. The lowest BCUT2D eigenvalue weighted by Gasteiger charge is -2.10. The van der Waals surface area contributed by atoms with Gasteiger partial charge in [-0.05, 0) is 30.3 Å². The first-order valence-corrected chi connectivity index (χ1v) is 7.96. The van der Waals surface area contributed by atoms with Gasteiger partial charge in [-0.15, -0.1) is 0 Å². The third kappa shape index (κ3) is 3.77. The summed E-state index contributed by atoms with van der Waals surface area (Å²) in [5.41, 5.74) is -0.305. The van der Waals surface area contributed by atoms with Gasteiger partial charge in [-0.25, -0.2) is 22.0 Å². The van der Waals surface area contributed by atoms with E-state index in [9.17, 15) is 22.0 Å². The zero-order chi connectivity index (χ0) is 17.2. The zero-order valence-corrected chi connectivity index (χ0v) is 13.2. The molecule has 0 unspecified atom stereocenters. The van der Waals surface area contributed by atoms with Crippen LogP contribution in [0.4, 0.5) is 14.5 Å². The first-order chi connectivity index (χ1) is 10.7. The molecule has 0 spiro atoms. The number of hydrogen-bond donors (Lipinski definition) is 1. The number of benzene rings is 2. The highest BCUT2D eigenvalue weighted by molar-refractivity contribution is 7.92. The number of nitrogens with one attached hydrogen (secondary N) is 1. The number of ether oxygens (including phenoxy) is 1. The number of sulfonamides is 1. The molecule has 2 aromatic carbocycles. The van der Waals surface area contributed by atoms with E-state index in [4.69, 9.17) is 11.6 Å². The van der Waals surface area contributed by atoms with E-state index in [2.05, 4.69) is 9.46 Å². The van der Waals surface area contributed by atoms with Crippen molar-refractivity contribution in [2.75, 3.05) is 11.8 Å². The standard InChI is InChI=1S/C14H10ClF2NO4S/c1-22-14(19)10-7-9(3-4-11(10)15)23(20,21)18-8-2-5-12(16)13(17)6-8/h2-7,18H,1H3. The van der Waals surface area contributed by atoms with E-state index in [1.165, 1.54) is 6.07 Å². The molecule has 0 heterocycles. The third-order valence-electron chi connectivity index (χ3n) is 2.83. The minimum absolute atomic E-state index is 0.0172. The van der Waals surface area contributed by atoms with Crippen molar-refractivity contribution in [1.29, 1.82) is 0 Å². The van der Waals surface area contributed by atoms with Crippen LogP contribution in [0.1, 0.15) is 10.4 Å². The largest absolute Gasteiger partial charge is 0.465 e. The average molecular weight is 362 g/mol. The molecule has 0 saturated heterocycles. The molecule has 2 rings (SSSR count).